The quantitative estimate of drug-likeness (QED) is 0.838. The normalized spacial score (nSPS) is 19.1. The van der Waals surface area contributed by atoms with Crippen LogP contribution in [0, 0.1) is 19.8 Å². The molecule has 116 valence electrons. The molecule has 0 saturated carbocycles. The number of hydrogen-bond donors (Lipinski definition) is 2. The van der Waals surface area contributed by atoms with Crippen molar-refractivity contribution >= 4 is 22.4 Å². The van der Waals surface area contributed by atoms with E-state index in [1.165, 1.54) is 0 Å². The average molecular weight is 323 g/mol. The number of aromatic nitrogens is 2. The van der Waals surface area contributed by atoms with Gasteiger partial charge in [-0.05, 0) is 45.7 Å². The zero-order valence-corrected chi connectivity index (χ0v) is 13.8. The van der Waals surface area contributed by atoms with Gasteiger partial charge < -0.3 is 5.32 Å². The molecule has 1 aromatic heterocycles. The van der Waals surface area contributed by atoms with Crippen molar-refractivity contribution in [2.75, 3.05) is 19.6 Å². The van der Waals surface area contributed by atoms with Crippen molar-refractivity contribution in [3.8, 4) is 0 Å². The van der Waals surface area contributed by atoms with E-state index in [-0.39, 0.29) is 12.4 Å². The second-order valence-corrected chi connectivity index (χ2v) is 6.87. The fourth-order valence-corrected chi connectivity index (χ4v) is 4.06. The summed E-state index contributed by atoms with van der Waals surface area (Å²) in [6.45, 7) is 6.02. The van der Waals surface area contributed by atoms with Crippen LogP contribution < -0.4 is 10.0 Å². The Morgan fingerprint density at radius 1 is 1.45 bits per heavy atom. The Morgan fingerprint density at radius 3 is 2.65 bits per heavy atom. The van der Waals surface area contributed by atoms with Gasteiger partial charge in [0.2, 0.25) is 10.0 Å². The van der Waals surface area contributed by atoms with Crippen molar-refractivity contribution in [2.24, 2.45) is 13.0 Å². The van der Waals surface area contributed by atoms with E-state index < -0.39 is 10.0 Å². The van der Waals surface area contributed by atoms with Crippen LogP contribution in [-0.2, 0) is 17.1 Å². The fraction of sp³-hybridized carbons (Fsp3) is 0.750. The molecule has 8 heteroatoms. The summed E-state index contributed by atoms with van der Waals surface area (Å²) in [6.07, 6.45) is 2.01. The van der Waals surface area contributed by atoms with Crippen LogP contribution in [0.5, 0.6) is 0 Å². The van der Waals surface area contributed by atoms with Gasteiger partial charge in [-0.1, -0.05) is 0 Å². The molecule has 0 bridgehead atoms. The van der Waals surface area contributed by atoms with Crippen molar-refractivity contribution < 1.29 is 8.42 Å². The van der Waals surface area contributed by atoms with Gasteiger partial charge in [-0.2, -0.15) is 5.10 Å². The number of nitrogens with zero attached hydrogens (tertiary/aromatic N) is 2. The first-order valence-corrected chi connectivity index (χ1v) is 8.10. The lowest BCUT2D eigenvalue weighted by molar-refractivity contribution is 0.519. The van der Waals surface area contributed by atoms with Crippen molar-refractivity contribution in [1.82, 2.24) is 19.8 Å². The molecule has 1 fully saturated rings. The van der Waals surface area contributed by atoms with E-state index in [0.29, 0.717) is 28.7 Å². The molecule has 2 heterocycles. The standard InChI is InChI=1S/C12H22N4O2S.ClH/c1-9-12(10(2)16(3)15-9)19(17,18)14-7-5-11-4-6-13-8-11;/h11,13-14H,4-8H2,1-3H3;1H. The molecule has 2 rings (SSSR count). The Hall–Kier alpha value is -0.630. The molecule has 1 aliphatic rings. The second-order valence-electron chi connectivity index (χ2n) is 5.17. The first kappa shape index (κ1) is 17.4. The Kier molecular flexibility index (Phi) is 6.00. The molecular formula is C12H23ClN4O2S. The van der Waals surface area contributed by atoms with E-state index in [9.17, 15) is 8.42 Å². The lowest BCUT2D eigenvalue weighted by atomic mass is 10.1. The molecule has 0 amide bonds. The third-order valence-corrected chi connectivity index (χ3v) is 5.43. The van der Waals surface area contributed by atoms with Gasteiger partial charge in [-0.15, -0.1) is 12.4 Å². The van der Waals surface area contributed by atoms with Gasteiger partial charge in [0.15, 0.2) is 0 Å². The molecule has 0 aliphatic carbocycles. The highest BCUT2D eigenvalue weighted by Gasteiger charge is 2.24. The second kappa shape index (κ2) is 6.89. The van der Waals surface area contributed by atoms with Crippen LogP contribution in [0.1, 0.15) is 24.2 Å². The molecule has 1 aliphatic heterocycles. The molecular weight excluding hydrogens is 300 g/mol. The van der Waals surface area contributed by atoms with Gasteiger partial charge in [0.25, 0.3) is 0 Å². The van der Waals surface area contributed by atoms with Gasteiger partial charge in [0, 0.05) is 13.6 Å². The topological polar surface area (TPSA) is 76.0 Å². The molecule has 2 N–H and O–H groups in total. The predicted molar refractivity (Wildman–Crippen MR) is 80.7 cm³/mol. The predicted octanol–water partition coefficient (Wildman–Crippen LogP) is 0.737. The minimum atomic E-state index is -3.45. The first-order valence-electron chi connectivity index (χ1n) is 6.62. The minimum Gasteiger partial charge on any atom is -0.316 e. The van der Waals surface area contributed by atoms with Crippen molar-refractivity contribution in [1.29, 1.82) is 0 Å². The number of rotatable bonds is 5. The fourth-order valence-electron chi connectivity index (χ4n) is 2.57. The molecule has 1 saturated heterocycles. The number of nitrogens with one attached hydrogen (secondary N) is 2. The molecule has 0 aromatic carbocycles. The summed E-state index contributed by atoms with van der Waals surface area (Å²) >= 11 is 0. The lowest BCUT2D eigenvalue weighted by Gasteiger charge is -2.10. The van der Waals surface area contributed by atoms with Crippen LogP contribution in [0.4, 0.5) is 0 Å². The lowest BCUT2D eigenvalue weighted by Crippen LogP contribution is -2.27. The summed E-state index contributed by atoms with van der Waals surface area (Å²) in [5.74, 6) is 0.582. The van der Waals surface area contributed by atoms with E-state index in [1.807, 2.05) is 0 Å². The summed E-state index contributed by atoms with van der Waals surface area (Å²) in [5.41, 5.74) is 1.22. The van der Waals surface area contributed by atoms with Gasteiger partial charge >= 0.3 is 0 Å². The number of aryl methyl sites for hydroxylation is 2. The monoisotopic (exact) mass is 322 g/mol. The molecule has 20 heavy (non-hydrogen) atoms. The van der Waals surface area contributed by atoms with Crippen molar-refractivity contribution in [2.45, 2.75) is 31.6 Å². The van der Waals surface area contributed by atoms with Crippen molar-refractivity contribution in [3.05, 3.63) is 11.4 Å². The third kappa shape index (κ3) is 3.72. The summed E-state index contributed by atoms with van der Waals surface area (Å²) in [6, 6.07) is 0. The van der Waals surface area contributed by atoms with Gasteiger partial charge in [-0.25, -0.2) is 13.1 Å². The molecule has 0 spiro atoms. The first-order chi connectivity index (χ1) is 8.92. The van der Waals surface area contributed by atoms with E-state index in [1.54, 1.807) is 25.6 Å². The highest BCUT2D eigenvalue weighted by atomic mass is 35.5. The van der Waals surface area contributed by atoms with E-state index >= 15 is 0 Å². The Morgan fingerprint density at radius 2 is 2.15 bits per heavy atom. The van der Waals surface area contributed by atoms with Crippen LogP contribution in [0.15, 0.2) is 4.90 Å². The molecule has 1 aromatic rings. The minimum absolute atomic E-state index is 0. The number of hydrogen-bond acceptors (Lipinski definition) is 4. The summed E-state index contributed by atoms with van der Waals surface area (Å²) in [4.78, 5) is 0.319. The van der Waals surface area contributed by atoms with Crippen LogP contribution >= 0.6 is 12.4 Å². The van der Waals surface area contributed by atoms with Crippen LogP contribution in [-0.4, -0.2) is 37.8 Å². The summed E-state index contributed by atoms with van der Waals surface area (Å²) < 4.78 is 28.9. The molecule has 1 unspecified atom stereocenters. The SMILES string of the molecule is Cc1nn(C)c(C)c1S(=O)(=O)NCCC1CCNC1.Cl. The highest BCUT2D eigenvalue weighted by Crippen LogP contribution is 2.18. The number of halogens is 1. The van der Waals surface area contributed by atoms with E-state index in [4.69, 9.17) is 0 Å². The molecule has 0 radical (unpaired) electrons. The van der Waals surface area contributed by atoms with Crippen molar-refractivity contribution in [3.63, 3.8) is 0 Å². The maximum Gasteiger partial charge on any atom is 0.244 e. The smallest absolute Gasteiger partial charge is 0.244 e. The largest absolute Gasteiger partial charge is 0.316 e. The molecule has 6 nitrogen and oxygen atoms in total. The van der Waals surface area contributed by atoms with Crippen LogP contribution in [0.3, 0.4) is 0 Å². The number of sulfonamides is 1. The highest BCUT2D eigenvalue weighted by molar-refractivity contribution is 7.89. The zero-order chi connectivity index (χ0) is 14.0. The zero-order valence-electron chi connectivity index (χ0n) is 12.1. The van der Waals surface area contributed by atoms with Crippen LogP contribution in [0.25, 0.3) is 0 Å². The maximum atomic E-state index is 12.3. The van der Waals surface area contributed by atoms with Gasteiger partial charge in [-0.3, -0.25) is 4.68 Å². The average Bonchev–Trinajstić information content (AvgIpc) is 2.88. The van der Waals surface area contributed by atoms with E-state index in [2.05, 4.69) is 15.1 Å². The summed E-state index contributed by atoms with van der Waals surface area (Å²) in [5, 5.41) is 7.43. The Balaban J connectivity index is 0.00000200. The van der Waals surface area contributed by atoms with Crippen LogP contribution in [0.2, 0.25) is 0 Å². The summed E-state index contributed by atoms with van der Waals surface area (Å²) in [7, 11) is -1.69. The third-order valence-electron chi connectivity index (χ3n) is 3.72. The van der Waals surface area contributed by atoms with Gasteiger partial charge in [0.05, 0.1) is 11.4 Å². The van der Waals surface area contributed by atoms with E-state index in [0.717, 1.165) is 25.9 Å². The molecule has 1 atom stereocenters. The van der Waals surface area contributed by atoms with Gasteiger partial charge in [0.1, 0.15) is 4.90 Å². The Bertz CT molecular complexity index is 550. The maximum absolute atomic E-state index is 12.3. The Labute approximate surface area is 126 Å².